The van der Waals surface area contributed by atoms with Gasteiger partial charge in [-0.3, -0.25) is 4.79 Å². The summed E-state index contributed by atoms with van der Waals surface area (Å²) in [5, 5.41) is 0. The van der Waals surface area contributed by atoms with Gasteiger partial charge in [0.25, 0.3) is 0 Å². The fourth-order valence-corrected chi connectivity index (χ4v) is 2.40. The maximum absolute atomic E-state index is 12.7. The molecule has 0 bridgehead atoms. The molecule has 0 radical (unpaired) electrons. The van der Waals surface area contributed by atoms with Gasteiger partial charge in [0.1, 0.15) is 0 Å². The number of hydrogen-bond acceptors (Lipinski definition) is 2. The van der Waals surface area contributed by atoms with Crippen LogP contribution in [-0.4, -0.2) is 15.3 Å². The summed E-state index contributed by atoms with van der Waals surface area (Å²) in [6, 6.07) is 15.3. The molecule has 1 aromatic heterocycles. The number of aryl methyl sites for hydroxylation is 1. The van der Waals surface area contributed by atoms with E-state index in [0.29, 0.717) is 17.9 Å². The van der Waals surface area contributed by atoms with E-state index in [2.05, 4.69) is 11.6 Å². The fraction of sp³-hybridized carbons (Fsp3) is 0.111. The standard InChI is InChI=1S/C18H16N2O/c1-3-12-20-16-7-5-4-6-15(16)19-18(20)17(21)14-10-8-13(2)9-11-14/h3-11H,1,12H2,2H3. The number of carbonyl (C=O) groups excluding carboxylic acids is 1. The van der Waals surface area contributed by atoms with Crippen molar-refractivity contribution in [2.24, 2.45) is 0 Å². The van der Waals surface area contributed by atoms with Crippen LogP contribution >= 0.6 is 0 Å². The van der Waals surface area contributed by atoms with Gasteiger partial charge in [-0.05, 0) is 19.1 Å². The zero-order chi connectivity index (χ0) is 14.8. The first kappa shape index (κ1) is 13.3. The van der Waals surface area contributed by atoms with Crippen LogP contribution in [0, 0.1) is 6.92 Å². The Hall–Kier alpha value is -2.68. The Balaban J connectivity index is 2.14. The molecule has 21 heavy (non-hydrogen) atoms. The quantitative estimate of drug-likeness (QED) is 0.537. The van der Waals surface area contributed by atoms with E-state index >= 15 is 0 Å². The number of fused-ring (bicyclic) bond motifs is 1. The van der Waals surface area contributed by atoms with Gasteiger partial charge in [-0.15, -0.1) is 6.58 Å². The highest BCUT2D eigenvalue weighted by molar-refractivity contribution is 6.08. The summed E-state index contributed by atoms with van der Waals surface area (Å²) >= 11 is 0. The maximum atomic E-state index is 12.7. The van der Waals surface area contributed by atoms with E-state index < -0.39 is 0 Å². The van der Waals surface area contributed by atoms with Gasteiger partial charge in [0.15, 0.2) is 5.82 Å². The lowest BCUT2D eigenvalue weighted by molar-refractivity contribution is 0.102. The van der Waals surface area contributed by atoms with Crippen molar-refractivity contribution in [3.63, 3.8) is 0 Å². The third kappa shape index (κ3) is 2.38. The van der Waals surface area contributed by atoms with Crippen LogP contribution in [0.15, 0.2) is 61.2 Å². The lowest BCUT2D eigenvalue weighted by Gasteiger charge is -2.06. The van der Waals surface area contributed by atoms with Gasteiger partial charge in [-0.1, -0.05) is 48.0 Å². The third-order valence-corrected chi connectivity index (χ3v) is 3.48. The first-order chi connectivity index (χ1) is 10.2. The van der Waals surface area contributed by atoms with Gasteiger partial charge in [0.05, 0.1) is 11.0 Å². The zero-order valence-electron chi connectivity index (χ0n) is 11.9. The minimum absolute atomic E-state index is 0.0620. The highest BCUT2D eigenvalue weighted by atomic mass is 16.1. The average molecular weight is 276 g/mol. The molecule has 0 amide bonds. The topological polar surface area (TPSA) is 34.9 Å². The molecule has 0 aliphatic carbocycles. The lowest BCUT2D eigenvalue weighted by Crippen LogP contribution is -2.11. The van der Waals surface area contributed by atoms with Crippen molar-refractivity contribution < 1.29 is 4.79 Å². The number of aromatic nitrogens is 2. The van der Waals surface area contributed by atoms with Crippen molar-refractivity contribution in [1.82, 2.24) is 9.55 Å². The van der Waals surface area contributed by atoms with Crippen molar-refractivity contribution in [3.8, 4) is 0 Å². The molecule has 0 spiro atoms. The normalized spacial score (nSPS) is 10.7. The molecular formula is C18H16N2O. The van der Waals surface area contributed by atoms with E-state index in [1.807, 2.05) is 60.0 Å². The molecular weight excluding hydrogens is 260 g/mol. The Morgan fingerprint density at radius 1 is 1.19 bits per heavy atom. The predicted molar refractivity (Wildman–Crippen MR) is 84.5 cm³/mol. The largest absolute Gasteiger partial charge is 0.317 e. The van der Waals surface area contributed by atoms with E-state index in [4.69, 9.17) is 0 Å². The molecule has 3 heteroatoms. The van der Waals surface area contributed by atoms with Crippen molar-refractivity contribution in [3.05, 3.63) is 78.1 Å². The molecule has 0 saturated carbocycles. The Labute approximate surface area is 123 Å². The third-order valence-electron chi connectivity index (χ3n) is 3.48. The number of para-hydroxylation sites is 2. The van der Waals surface area contributed by atoms with Crippen molar-refractivity contribution >= 4 is 16.8 Å². The van der Waals surface area contributed by atoms with Crippen LogP contribution in [0.1, 0.15) is 21.7 Å². The minimum atomic E-state index is -0.0620. The van der Waals surface area contributed by atoms with Crippen molar-refractivity contribution in [2.45, 2.75) is 13.5 Å². The summed E-state index contributed by atoms with van der Waals surface area (Å²) in [5.41, 5.74) is 3.56. The molecule has 1 heterocycles. The number of carbonyl (C=O) groups is 1. The molecule has 0 aliphatic heterocycles. The van der Waals surface area contributed by atoms with Gasteiger partial charge >= 0.3 is 0 Å². The Morgan fingerprint density at radius 3 is 2.62 bits per heavy atom. The van der Waals surface area contributed by atoms with Gasteiger partial charge in [0.2, 0.25) is 5.78 Å². The van der Waals surface area contributed by atoms with Gasteiger partial charge in [-0.25, -0.2) is 4.98 Å². The molecule has 0 saturated heterocycles. The number of allylic oxidation sites excluding steroid dienone is 1. The van der Waals surface area contributed by atoms with Crippen LogP contribution < -0.4 is 0 Å². The second-order valence-corrected chi connectivity index (χ2v) is 5.02. The smallest absolute Gasteiger partial charge is 0.228 e. The van der Waals surface area contributed by atoms with Crippen LogP contribution in [0.4, 0.5) is 0 Å². The van der Waals surface area contributed by atoms with E-state index in [0.717, 1.165) is 16.6 Å². The maximum Gasteiger partial charge on any atom is 0.228 e. The van der Waals surface area contributed by atoms with E-state index in [-0.39, 0.29) is 5.78 Å². The Morgan fingerprint density at radius 2 is 1.90 bits per heavy atom. The summed E-state index contributed by atoms with van der Waals surface area (Å²) in [4.78, 5) is 17.2. The molecule has 104 valence electrons. The average Bonchev–Trinajstić information content (AvgIpc) is 2.87. The number of benzene rings is 2. The lowest BCUT2D eigenvalue weighted by atomic mass is 10.1. The summed E-state index contributed by atoms with van der Waals surface area (Å²) in [7, 11) is 0. The van der Waals surface area contributed by atoms with Crippen LogP contribution in [0.5, 0.6) is 0 Å². The number of ketones is 1. The second-order valence-electron chi connectivity index (χ2n) is 5.02. The molecule has 3 aromatic rings. The number of imidazole rings is 1. The van der Waals surface area contributed by atoms with Crippen molar-refractivity contribution in [2.75, 3.05) is 0 Å². The summed E-state index contributed by atoms with van der Waals surface area (Å²) in [6.45, 7) is 6.33. The van der Waals surface area contributed by atoms with Crippen LogP contribution in [0.3, 0.4) is 0 Å². The molecule has 0 fully saturated rings. The first-order valence-corrected chi connectivity index (χ1v) is 6.88. The van der Waals surface area contributed by atoms with E-state index in [1.165, 1.54) is 0 Å². The SMILES string of the molecule is C=CCn1c(C(=O)c2ccc(C)cc2)nc2ccccc21. The Bertz CT molecular complexity index is 813. The van der Waals surface area contributed by atoms with E-state index in [1.54, 1.807) is 6.08 Å². The predicted octanol–water partition coefficient (Wildman–Crippen LogP) is 3.76. The first-order valence-electron chi connectivity index (χ1n) is 6.88. The number of hydrogen-bond donors (Lipinski definition) is 0. The van der Waals surface area contributed by atoms with Crippen molar-refractivity contribution in [1.29, 1.82) is 0 Å². The molecule has 3 rings (SSSR count). The number of nitrogens with zero attached hydrogens (tertiary/aromatic N) is 2. The molecule has 0 N–H and O–H groups in total. The second kappa shape index (κ2) is 5.37. The summed E-state index contributed by atoms with van der Waals surface area (Å²) < 4.78 is 1.91. The van der Waals surface area contributed by atoms with Gasteiger partial charge in [-0.2, -0.15) is 0 Å². The Kier molecular flexibility index (Phi) is 3.40. The van der Waals surface area contributed by atoms with Crippen LogP contribution in [0.2, 0.25) is 0 Å². The minimum Gasteiger partial charge on any atom is -0.317 e. The monoisotopic (exact) mass is 276 g/mol. The molecule has 0 aliphatic rings. The molecule has 0 unspecified atom stereocenters. The van der Waals surface area contributed by atoms with Gasteiger partial charge < -0.3 is 4.57 Å². The summed E-state index contributed by atoms with van der Waals surface area (Å²) in [6.07, 6.45) is 1.78. The zero-order valence-corrected chi connectivity index (χ0v) is 11.9. The molecule has 0 atom stereocenters. The summed E-state index contributed by atoms with van der Waals surface area (Å²) in [5.74, 6) is 0.396. The molecule has 2 aromatic carbocycles. The fourth-order valence-electron chi connectivity index (χ4n) is 2.40. The highest BCUT2D eigenvalue weighted by Gasteiger charge is 2.18. The number of rotatable bonds is 4. The van der Waals surface area contributed by atoms with Gasteiger partial charge in [0, 0.05) is 12.1 Å². The van der Waals surface area contributed by atoms with E-state index in [9.17, 15) is 4.79 Å². The van der Waals surface area contributed by atoms with Crippen LogP contribution in [0.25, 0.3) is 11.0 Å². The van der Waals surface area contributed by atoms with Crippen LogP contribution in [-0.2, 0) is 6.54 Å². The highest BCUT2D eigenvalue weighted by Crippen LogP contribution is 2.19. The molecule has 3 nitrogen and oxygen atoms in total.